The normalized spacial score (nSPS) is 16.6. The molecule has 0 saturated carbocycles. The fourth-order valence-electron chi connectivity index (χ4n) is 4.92. The van der Waals surface area contributed by atoms with Gasteiger partial charge in [-0.2, -0.15) is 0 Å². The molecule has 5 aromatic rings. The summed E-state index contributed by atoms with van der Waals surface area (Å²) in [6.45, 7) is 0. The summed E-state index contributed by atoms with van der Waals surface area (Å²) in [6.07, 6.45) is 3.78. The van der Waals surface area contributed by atoms with Crippen LogP contribution in [0.15, 0.2) is 109 Å². The summed E-state index contributed by atoms with van der Waals surface area (Å²) >= 11 is 18.7. The molecule has 0 bridgehead atoms. The molecule has 200 valence electrons. The van der Waals surface area contributed by atoms with Crippen molar-refractivity contribution in [2.24, 2.45) is 0 Å². The quantitative estimate of drug-likeness (QED) is 0.194. The van der Waals surface area contributed by atoms with Crippen LogP contribution >= 0.6 is 35.4 Å². The number of nitrogens with one attached hydrogen (secondary N) is 1. The molecule has 0 amide bonds. The fourth-order valence-corrected chi connectivity index (χ4v) is 5.76. The molecule has 40 heavy (non-hydrogen) atoms. The van der Waals surface area contributed by atoms with Gasteiger partial charge in [-0.3, -0.25) is 4.98 Å². The monoisotopic (exact) mass is 586 g/mol. The Balaban J connectivity index is 1.38. The van der Waals surface area contributed by atoms with Crippen LogP contribution in [0.25, 0.3) is 5.69 Å². The molecule has 6 rings (SSSR count). The molecule has 2 unspecified atom stereocenters. The number of methoxy groups -OCH3 is 1. The van der Waals surface area contributed by atoms with Crippen molar-refractivity contribution in [1.82, 2.24) is 14.9 Å². The van der Waals surface area contributed by atoms with Crippen molar-refractivity contribution in [1.29, 1.82) is 0 Å². The van der Waals surface area contributed by atoms with Crippen LogP contribution in [-0.2, 0) is 0 Å². The summed E-state index contributed by atoms with van der Waals surface area (Å²) in [6, 6.07) is 30.4. The van der Waals surface area contributed by atoms with Crippen LogP contribution in [0.4, 0.5) is 5.69 Å². The Morgan fingerprint density at radius 2 is 1.57 bits per heavy atom. The lowest BCUT2D eigenvalue weighted by Gasteiger charge is -2.29. The Morgan fingerprint density at radius 3 is 2.25 bits per heavy atom. The predicted octanol–water partition coefficient (Wildman–Crippen LogP) is 8.16. The van der Waals surface area contributed by atoms with Crippen LogP contribution in [0.5, 0.6) is 17.2 Å². The van der Waals surface area contributed by atoms with Gasteiger partial charge in [-0.15, -0.1) is 0 Å². The minimum Gasteiger partial charge on any atom is -0.497 e. The summed E-state index contributed by atoms with van der Waals surface area (Å²) in [4.78, 5) is 6.77. The van der Waals surface area contributed by atoms with Crippen LogP contribution in [0.1, 0.15) is 23.5 Å². The first-order valence-electron chi connectivity index (χ1n) is 12.6. The van der Waals surface area contributed by atoms with E-state index in [0.29, 0.717) is 20.9 Å². The summed E-state index contributed by atoms with van der Waals surface area (Å²) in [5.74, 6) is 2.20. The van der Waals surface area contributed by atoms with Gasteiger partial charge in [0.2, 0.25) is 0 Å². The average molecular weight is 588 g/mol. The first kappa shape index (κ1) is 26.2. The smallest absolute Gasteiger partial charge is 0.174 e. The van der Waals surface area contributed by atoms with Gasteiger partial charge in [0.25, 0.3) is 0 Å². The van der Waals surface area contributed by atoms with Gasteiger partial charge in [0.1, 0.15) is 23.3 Å². The zero-order valence-corrected chi connectivity index (χ0v) is 23.7. The van der Waals surface area contributed by atoms with Crippen LogP contribution in [-0.4, -0.2) is 21.8 Å². The van der Waals surface area contributed by atoms with Crippen molar-refractivity contribution >= 4 is 46.2 Å². The van der Waals surface area contributed by atoms with Gasteiger partial charge in [0.15, 0.2) is 5.11 Å². The zero-order chi connectivity index (χ0) is 27.6. The van der Waals surface area contributed by atoms with Gasteiger partial charge in [-0.25, -0.2) is 0 Å². The van der Waals surface area contributed by atoms with Gasteiger partial charge in [-0.05, 0) is 103 Å². The van der Waals surface area contributed by atoms with E-state index in [2.05, 4.69) is 25.8 Å². The number of ether oxygens (including phenoxy) is 2. The van der Waals surface area contributed by atoms with E-state index < -0.39 is 0 Å². The number of pyridine rings is 1. The molecule has 0 radical (unpaired) electrons. The van der Waals surface area contributed by atoms with Gasteiger partial charge < -0.3 is 24.3 Å². The Morgan fingerprint density at radius 1 is 0.850 bits per heavy atom. The van der Waals surface area contributed by atoms with E-state index in [0.717, 1.165) is 34.3 Å². The van der Waals surface area contributed by atoms with Crippen LogP contribution in [0.3, 0.4) is 0 Å². The molecule has 9 heteroatoms. The number of thiocarbonyl (C=S) groups is 1. The molecule has 0 spiro atoms. The molecule has 6 nitrogen and oxygen atoms in total. The van der Waals surface area contributed by atoms with E-state index >= 15 is 0 Å². The molecular formula is C31H24Cl2N4O2S. The van der Waals surface area contributed by atoms with Crippen LogP contribution in [0, 0.1) is 0 Å². The van der Waals surface area contributed by atoms with Crippen LogP contribution in [0.2, 0.25) is 10.0 Å². The highest BCUT2D eigenvalue weighted by atomic mass is 35.5. The van der Waals surface area contributed by atoms with Crippen molar-refractivity contribution in [2.75, 3.05) is 12.0 Å². The molecule has 1 aliphatic heterocycles. The Hall–Kier alpha value is -4.04. The van der Waals surface area contributed by atoms with E-state index in [-0.39, 0.29) is 12.1 Å². The lowest BCUT2D eigenvalue weighted by atomic mass is 10.0. The molecule has 1 fully saturated rings. The number of nitrogens with zero attached hydrogens (tertiary/aromatic N) is 3. The van der Waals surface area contributed by atoms with Gasteiger partial charge in [-0.1, -0.05) is 29.3 Å². The molecule has 2 aromatic heterocycles. The van der Waals surface area contributed by atoms with Crippen molar-refractivity contribution in [2.45, 2.75) is 12.1 Å². The molecule has 1 N–H and O–H groups in total. The maximum atomic E-state index is 6.64. The van der Waals surface area contributed by atoms with Crippen molar-refractivity contribution in [3.63, 3.8) is 0 Å². The summed E-state index contributed by atoms with van der Waals surface area (Å²) in [5.41, 5.74) is 3.61. The van der Waals surface area contributed by atoms with Gasteiger partial charge >= 0.3 is 0 Å². The van der Waals surface area contributed by atoms with E-state index in [1.165, 1.54) is 0 Å². The third kappa shape index (κ3) is 5.11. The van der Waals surface area contributed by atoms with Crippen LogP contribution < -0.4 is 19.7 Å². The van der Waals surface area contributed by atoms with Crippen molar-refractivity contribution in [3.05, 3.63) is 131 Å². The van der Waals surface area contributed by atoms with Crippen molar-refractivity contribution < 1.29 is 9.47 Å². The average Bonchev–Trinajstić information content (AvgIpc) is 3.58. The largest absolute Gasteiger partial charge is 0.497 e. The van der Waals surface area contributed by atoms with E-state index in [1.54, 1.807) is 19.4 Å². The predicted molar refractivity (Wildman–Crippen MR) is 163 cm³/mol. The molecule has 0 aliphatic carbocycles. The van der Waals surface area contributed by atoms with Gasteiger partial charge in [0.05, 0.1) is 29.6 Å². The lowest BCUT2D eigenvalue weighted by molar-refractivity contribution is 0.413. The number of aromatic nitrogens is 2. The molecule has 1 aliphatic rings. The number of anilines is 1. The number of benzene rings is 3. The summed E-state index contributed by atoms with van der Waals surface area (Å²) in [7, 11) is 1.64. The topological polar surface area (TPSA) is 51.6 Å². The summed E-state index contributed by atoms with van der Waals surface area (Å²) in [5, 5.41) is 5.24. The van der Waals surface area contributed by atoms with E-state index in [4.69, 9.17) is 44.9 Å². The number of hydrogen-bond donors (Lipinski definition) is 1. The molecular weight excluding hydrogens is 563 g/mol. The zero-order valence-electron chi connectivity index (χ0n) is 21.4. The fraction of sp³-hybridized carbons (Fsp3) is 0.0968. The van der Waals surface area contributed by atoms with Gasteiger partial charge in [0, 0.05) is 28.8 Å². The third-order valence-electron chi connectivity index (χ3n) is 6.76. The lowest BCUT2D eigenvalue weighted by Crippen LogP contribution is -2.30. The maximum Gasteiger partial charge on any atom is 0.174 e. The highest BCUT2D eigenvalue weighted by Crippen LogP contribution is 2.43. The Labute approximate surface area is 247 Å². The van der Waals surface area contributed by atoms with Crippen molar-refractivity contribution in [3.8, 4) is 22.9 Å². The Bertz CT molecular complexity index is 1640. The minimum absolute atomic E-state index is 0.205. The standard InChI is InChI=1S/C31H24Cl2N4O2S/c1-38-22-12-14-24(15-13-22)39-23-10-8-21(9-11-23)37-30(29(35-31(37)40)26-5-2-3-17-34-26)28-6-4-18-36(28)27-16-7-20(32)19-25(27)33/h2-19,29-30H,1H3,(H,35,40). The Kier molecular flexibility index (Phi) is 7.34. The summed E-state index contributed by atoms with van der Waals surface area (Å²) < 4.78 is 13.4. The second-order valence-corrected chi connectivity index (χ2v) is 10.4. The van der Waals surface area contributed by atoms with E-state index in [1.807, 2.05) is 91.1 Å². The maximum absolute atomic E-state index is 6.64. The number of rotatable bonds is 7. The third-order valence-corrected chi connectivity index (χ3v) is 7.61. The molecule has 2 atom stereocenters. The number of halogens is 2. The molecule has 1 saturated heterocycles. The number of hydrogen-bond acceptors (Lipinski definition) is 4. The second-order valence-electron chi connectivity index (χ2n) is 9.17. The first-order valence-corrected chi connectivity index (χ1v) is 13.7. The highest BCUT2D eigenvalue weighted by molar-refractivity contribution is 7.80. The first-order chi connectivity index (χ1) is 19.5. The second kappa shape index (κ2) is 11.2. The SMILES string of the molecule is COc1ccc(Oc2ccc(N3C(=S)NC(c4ccccn4)C3c3cccn3-c3ccc(Cl)cc3Cl)cc2)cc1. The molecule has 3 aromatic carbocycles. The van der Waals surface area contributed by atoms with E-state index in [9.17, 15) is 0 Å². The molecule has 3 heterocycles. The highest BCUT2D eigenvalue weighted by Gasteiger charge is 2.42. The minimum atomic E-state index is -0.225.